The van der Waals surface area contributed by atoms with Gasteiger partial charge in [0.2, 0.25) is 0 Å². The zero-order chi connectivity index (χ0) is 27.6. The standard InChI is InChI=1S/C28H35ClFN3O5/c1-6-37-22-14-18-15-33(27(31-29)23(18)24(30)26(22)38-7-2)16-21(34)17-12-19(28(3,4)5)25(35)20(13-17)32-8-10-36-11-9-32/h12-14,35H,6-11,15-16H2,1-5H3/b31-27-. The summed E-state index contributed by atoms with van der Waals surface area (Å²) in [6.07, 6.45) is 0. The number of nitrogens with zero attached hydrogens (tertiary/aromatic N) is 3. The number of carbonyl (C=O) groups is 1. The third-order valence-corrected chi connectivity index (χ3v) is 6.89. The first-order valence-electron chi connectivity index (χ1n) is 12.9. The molecule has 0 unspecified atom stereocenters. The molecule has 0 aliphatic carbocycles. The van der Waals surface area contributed by atoms with Crippen molar-refractivity contribution in [3.05, 3.63) is 46.3 Å². The molecule has 0 bridgehead atoms. The number of ketones is 1. The molecule has 10 heteroatoms. The number of amidine groups is 1. The molecular weight excluding hydrogens is 513 g/mol. The monoisotopic (exact) mass is 547 g/mol. The number of phenols is 1. The molecule has 8 nitrogen and oxygen atoms in total. The molecule has 0 amide bonds. The van der Waals surface area contributed by atoms with Crippen LogP contribution in [0.3, 0.4) is 0 Å². The van der Waals surface area contributed by atoms with Crippen LogP contribution in [0, 0.1) is 5.82 Å². The van der Waals surface area contributed by atoms with Gasteiger partial charge in [0.05, 0.1) is 44.2 Å². The highest BCUT2D eigenvalue weighted by Gasteiger charge is 2.35. The Morgan fingerprint density at radius 2 is 1.84 bits per heavy atom. The fourth-order valence-electron chi connectivity index (χ4n) is 4.89. The van der Waals surface area contributed by atoms with E-state index in [1.807, 2.05) is 32.6 Å². The van der Waals surface area contributed by atoms with Crippen molar-refractivity contribution in [3.8, 4) is 17.2 Å². The van der Waals surface area contributed by atoms with E-state index in [9.17, 15) is 9.90 Å². The molecule has 0 atom stereocenters. The van der Waals surface area contributed by atoms with Gasteiger partial charge >= 0.3 is 0 Å². The second kappa shape index (κ2) is 11.4. The maximum atomic E-state index is 15.6. The number of halogens is 2. The van der Waals surface area contributed by atoms with Gasteiger partial charge in [-0.05, 0) is 43.0 Å². The predicted octanol–water partition coefficient (Wildman–Crippen LogP) is 5.06. The molecule has 0 saturated carbocycles. The average molecular weight is 548 g/mol. The van der Waals surface area contributed by atoms with Crippen molar-refractivity contribution in [3.63, 3.8) is 0 Å². The Morgan fingerprint density at radius 1 is 1.16 bits per heavy atom. The molecule has 0 radical (unpaired) electrons. The van der Waals surface area contributed by atoms with E-state index in [1.165, 1.54) is 0 Å². The Hall–Kier alpha value is -3.04. The number of carbonyl (C=O) groups excluding carboxylic acids is 1. The molecule has 2 aliphatic heterocycles. The summed E-state index contributed by atoms with van der Waals surface area (Å²) < 4.78 is 36.0. The Bertz CT molecular complexity index is 1240. The lowest BCUT2D eigenvalue weighted by atomic mass is 9.84. The predicted molar refractivity (Wildman–Crippen MR) is 146 cm³/mol. The Balaban J connectivity index is 1.68. The summed E-state index contributed by atoms with van der Waals surface area (Å²) in [6.45, 7) is 12.6. The Labute approximate surface area is 228 Å². The molecule has 2 aliphatic rings. The van der Waals surface area contributed by atoms with Gasteiger partial charge in [0.1, 0.15) is 5.75 Å². The van der Waals surface area contributed by atoms with Gasteiger partial charge in [-0.2, -0.15) is 4.51 Å². The normalized spacial score (nSPS) is 16.7. The third-order valence-electron chi connectivity index (χ3n) is 6.73. The summed E-state index contributed by atoms with van der Waals surface area (Å²) in [5.41, 5.74) is 2.14. The van der Waals surface area contributed by atoms with Crippen LogP contribution >= 0.6 is 11.8 Å². The van der Waals surface area contributed by atoms with E-state index < -0.39 is 11.2 Å². The molecule has 2 aromatic rings. The third kappa shape index (κ3) is 5.40. The van der Waals surface area contributed by atoms with Gasteiger partial charge in [0.25, 0.3) is 0 Å². The van der Waals surface area contributed by atoms with Crippen LogP contribution in [0.15, 0.2) is 22.7 Å². The maximum Gasteiger partial charge on any atom is 0.197 e. The zero-order valence-electron chi connectivity index (χ0n) is 22.6. The summed E-state index contributed by atoms with van der Waals surface area (Å²) in [7, 11) is 0. The van der Waals surface area contributed by atoms with Crippen LogP contribution in [0.2, 0.25) is 0 Å². The van der Waals surface area contributed by atoms with E-state index in [0.717, 1.165) is 0 Å². The molecule has 2 heterocycles. The number of Topliss-reactive ketones (excluding diaryl/α,β-unsaturated/α-hetero) is 1. The van der Waals surface area contributed by atoms with Crippen molar-refractivity contribution < 1.29 is 28.5 Å². The van der Waals surface area contributed by atoms with Crippen LogP contribution in [-0.4, -0.2) is 67.7 Å². The Morgan fingerprint density at radius 3 is 2.45 bits per heavy atom. The molecule has 1 N–H and O–H groups in total. The summed E-state index contributed by atoms with van der Waals surface area (Å²) >= 11 is 5.94. The highest BCUT2D eigenvalue weighted by molar-refractivity contribution is 6.23. The summed E-state index contributed by atoms with van der Waals surface area (Å²) in [5.74, 6) is -0.178. The SMILES string of the molecule is CCOc1cc2c(c(F)c1OCC)/C(=N/Cl)N(CC(=O)c1cc(N3CCOCC3)c(O)c(C(C)(C)C)c1)C2. The largest absolute Gasteiger partial charge is 0.505 e. The van der Waals surface area contributed by atoms with E-state index in [-0.39, 0.29) is 48.4 Å². The van der Waals surface area contributed by atoms with Gasteiger partial charge in [-0.25, -0.2) is 4.39 Å². The van der Waals surface area contributed by atoms with Crippen molar-refractivity contribution in [2.75, 3.05) is 51.0 Å². The van der Waals surface area contributed by atoms with Crippen molar-refractivity contribution in [2.24, 2.45) is 4.51 Å². The van der Waals surface area contributed by atoms with Crippen molar-refractivity contribution >= 4 is 29.1 Å². The van der Waals surface area contributed by atoms with Crippen LogP contribution < -0.4 is 14.4 Å². The fourth-order valence-corrected chi connectivity index (χ4v) is 5.08. The van der Waals surface area contributed by atoms with E-state index in [1.54, 1.807) is 30.0 Å². The van der Waals surface area contributed by atoms with Crippen LogP contribution in [0.4, 0.5) is 10.1 Å². The number of fused-ring (bicyclic) bond motifs is 1. The lowest BCUT2D eigenvalue weighted by Gasteiger charge is -2.32. The quantitative estimate of drug-likeness (QED) is 0.462. The van der Waals surface area contributed by atoms with Gasteiger partial charge in [-0.15, -0.1) is 0 Å². The van der Waals surface area contributed by atoms with Crippen molar-refractivity contribution in [2.45, 2.75) is 46.6 Å². The first kappa shape index (κ1) is 28.0. The number of morpholine rings is 1. The van der Waals surface area contributed by atoms with Gasteiger partial charge < -0.3 is 29.1 Å². The minimum absolute atomic E-state index is 0.00241. The molecule has 38 heavy (non-hydrogen) atoms. The lowest BCUT2D eigenvalue weighted by Crippen LogP contribution is -2.37. The van der Waals surface area contributed by atoms with Crippen LogP contribution in [0.5, 0.6) is 17.2 Å². The second-order valence-corrected chi connectivity index (χ2v) is 10.5. The van der Waals surface area contributed by atoms with Gasteiger partial charge in [0.15, 0.2) is 28.9 Å². The van der Waals surface area contributed by atoms with Gasteiger partial charge in [-0.1, -0.05) is 20.8 Å². The Kier molecular flexibility index (Phi) is 8.37. The van der Waals surface area contributed by atoms with Crippen LogP contribution in [0.1, 0.15) is 61.7 Å². The smallest absolute Gasteiger partial charge is 0.197 e. The maximum absolute atomic E-state index is 15.6. The van der Waals surface area contributed by atoms with E-state index in [0.29, 0.717) is 61.0 Å². The molecule has 4 rings (SSSR count). The molecule has 2 aromatic carbocycles. The number of rotatable bonds is 8. The first-order chi connectivity index (χ1) is 18.1. The number of aromatic hydroxyl groups is 1. The molecular formula is C28H35ClFN3O5. The number of hydrogen-bond acceptors (Lipinski definition) is 7. The topological polar surface area (TPSA) is 83.8 Å². The van der Waals surface area contributed by atoms with E-state index in [2.05, 4.69) is 4.51 Å². The number of anilines is 1. The van der Waals surface area contributed by atoms with Crippen LogP contribution in [-0.2, 0) is 16.7 Å². The minimum Gasteiger partial charge on any atom is -0.505 e. The second-order valence-electron chi connectivity index (χ2n) is 10.3. The number of ether oxygens (including phenoxy) is 3. The van der Waals surface area contributed by atoms with E-state index >= 15 is 4.39 Å². The number of phenolic OH excluding ortho intramolecular Hbond substituents is 1. The zero-order valence-corrected chi connectivity index (χ0v) is 23.3. The van der Waals surface area contributed by atoms with Crippen molar-refractivity contribution in [1.29, 1.82) is 0 Å². The number of hydrogen-bond donors (Lipinski definition) is 1. The molecule has 1 saturated heterocycles. The van der Waals surface area contributed by atoms with Gasteiger partial charge in [-0.3, -0.25) is 4.79 Å². The summed E-state index contributed by atoms with van der Waals surface area (Å²) in [5, 5.41) is 11.1. The summed E-state index contributed by atoms with van der Waals surface area (Å²) in [4.78, 5) is 17.3. The van der Waals surface area contributed by atoms with E-state index in [4.69, 9.17) is 26.0 Å². The molecule has 0 aromatic heterocycles. The minimum atomic E-state index is -0.614. The lowest BCUT2D eigenvalue weighted by molar-refractivity contribution is 0.0963. The summed E-state index contributed by atoms with van der Waals surface area (Å²) in [6, 6.07) is 5.18. The van der Waals surface area contributed by atoms with Crippen molar-refractivity contribution in [1.82, 2.24) is 4.90 Å². The van der Waals surface area contributed by atoms with Crippen LogP contribution in [0.25, 0.3) is 0 Å². The molecule has 1 fully saturated rings. The highest BCUT2D eigenvalue weighted by atomic mass is 35.5. The fraction of sp³-hybridized carbons (Fsp3) is 0.500. The average Bonchev–Trinajstić information content (AvgIpc) is 3.23. The highest BCUT2D eigenvalue weighted by Crippen LogP contribution is 2.41. The van der Waals surface area contributed by atoms with Gasteiger partial charge in [0, 0.05) is 42.5 Å². The molecule has 0 spiro atoms. The number of benzene rings is 2. The first-order valence-corrected chi connectivity index (χ1v) is 13.2. The molecule has 206 valence electrons.